The summed E-state index contributed by atoms with van der Waals surface area (Å²) in [5, 5.41) is 2.79. The van der Waals surface area contributed by atoms with Gasteiger partial charge in [0.15, 0.2) is 10.7 Å². The molecule has 0 aliphatic carbocycles. The molecule has 0 fully saturated rings. The molecular weight excluding hydrogens is 205 g/mol. The van der Waals surface area contributed by atoms with E-state index in [0.29, 0.717) is 0 Å². The predicted molar refractivity (Wildman–Crippen MR) is 60.7 cm³/mol. The van der Waals surface area contributed by atoms with Crippen LogP contribution >= 0.6 is 0 Å². The molecule has 0 bridgehead atoms. The second-order valence-electron chi connectivity index (χ2n) is 2.54. The predicted octanol–water partition coefficient (Wildman–Crippen LogP) is -2.72. The van der Waals surface area contributed by atoms with E-state index in [0.717, 1.165) is 11.2 Å². The summed E-state index contributed by atoms with van der Waals surface area (Å²) in [5.41, 5.74) is 1.95. The fraction of sp³-hybridized carbons (Fsp3) is 0.143. The SMILES string of the molecule is Bc1cccc(NC[SH](=O)=O)c1.O.O. The summed E-state index contributed by atoms with van der Waals surface area (Å²) in [6.45, 7) is 0. The summed E-state index contributed by atoms with van der Waals surface area (Å²) in [5.74, 6) is -0.00120. The number of nitrogens with one attached hydrogen (secondary N) is 1. The quantitative estimate of drug-likeness (QED) is 0.425. The van der Waals surface area contributed by atoms with Crippen LogP contribution in [0.5, 0.6) is 0 Å². The van der Waals surface area contributed by atoms with Crippen LogP contribution in [-0.2, 0) is 10.7 Å². The molecule has 1 aromatic carbocycles. The van der Waals surface area contributed by atoms with Crippen LogP contribution in [0.25, 0.3) is 0 Å². The van der Waals surface area contributed by atoms with E-state index in [1.807, 2.05) is 32.1 Å². The molecule has 7 heteroatoms. The lowest BCUT2D eigenvalue weighted by Crippen LogP contribution is -2.07. The minimum absolute atomic E-state index is 0. The summed E-state index contributed by atoms with van der Waals surface area (Å²) in [7, 11) is -0.384. The molecule has 5 N–H and O–H groups in total. The van der Waals surface area contributed by atoms with E-state index < -0.39 is 10.7 Å². The number of rotatable bonds is 3. The maximum Gasteiger partial charge on any atom is 0.158 e. The Balaban J connectivity index is 0. The third-order valence-corrected chi connectivity index (χ3v) is 1.85. The monoisotopic (exact) mass is 219 g/mol. The summed E-state index contributed by atoms with van der Waals surface area (Å²) in [4.78, 5) is 0. The highest BCUT2D eigenvalue weighted by Crippen LogP contribution is 2.01. The zero-order valence-electron chi connectivity index (χ0n) is 7.78. The second kappa shape index (κ2) is 7.37. The van der Waals surface area contributed by atoms with Crippen LogP contribution in [0.2, 0.25) is 0 Å². The molecule has 80 valence electrons. The summed E-state index contributed by atoms with van der Waals surface area (Å²) < 4.78 is 20.5. The Bertz CT molecular complexity index is 334. The zero-order valence-corrected chi connectivity index (χ0v) is 8.67. The molecular formula is C7H14BNO4S. The van der Waals surface area contributed by atoms with Gasteiger partial charge in [-0.05, 0) is 12.1 Å². The van der Waals surface area contributed by atoms with Crippen LogP contribution in [0.1, 0.15) is 0 Å². The number of benzene rings is 1. The summed E-state index contributed by atoms with van der Waals surface area (Å²) in [6.07, 6.45) is 0. The number of hydrogen-bond acceptors (Lipinski definition) is 3. The standard InChI is InChI=1S/C7H10BNO2S.2H2O/c8-6-2-1-3-7(4-6)9-5-12(10)11;;/h1-4,9,12H,5,8H2;2*1H2. The van der Waals surface area contributed by atoms with Crippen molar-refractivity contribution in [3.63, 3.8) is 0 Å². The molecule has 0 spiro atoms. The summed E-state index contributed by atoms with van der Waals surface area (Å²) in [6, 6.07) is 7.59. The van der Waals surface area contributed by atoms with Gasteiger partial charge >= 0.3 is 0 Å². The first-order chi connectivity index (χ1) is 5.68. The second-order valence-corrected chi connectivity index (χ2v) is 3.52. The summed E-state index contributed by atoms with van der Waals surface area (Å²) >= 11 is 0. The molecule has 5 nitrogen and oxygen atoms in total. The van der Waals surface area contributed by atoms with Crippen molar-refractivity contribution in [3.8, 4) is 0 Å². The molecule has 0 unspecified atom stereocenters. The Kier molecular flexibility index (Phi) is 8.12. The Morgan fingerprint density at radius 2 is 1.93 bits per heavy atom. The van der Waals surface area contributed by atoms with Crippen LogP contribution in [0.3, 0.4) is 0 Å². The molecule has 0 saturated carbocycles. The van der Waals surface area contributed by atoms with Gasteiger partial charge in [0, 0.05) is 5.69 Å². The topological polar surface area (TPSA) is 109 Å². The van der Waals surface area contributed by atoms with Crippen molar-refractivity contribution in [2.75, 3.05) is 11.2 Å². The van der Waals surface area contributed by atoms with Crippen molar-refractivity contribution in [1.82, 2.24) is 0 Å². The van der Waals surface area contributed by atoms with Gasteiger partial charge < -0.3 is 16.3 Å². The van der Waals surface area contributed by atoms with Gasteiger partial charge in [-0.1, -0.05) is 17.6 Å². The first kappa shape index (κ1) is 15.4. The van der Waals surface area contributed by atoms with Crippen molar-refractivity contribution < 1.29 is 19.4 Å². The molecule has 0 aliphatic heterocycles. The highest BCUT2D eigenvalue weighted by Gasteiger charge is 1.91. The highest BCUT2D eigenvalue weighted by atomic mass is 32.2. The van der Waals surface area contributed by atoms with E-state index in [9.17, 15) is 8.42 Å². The van der Waals surface area contributed by atoms with E-state index in [4.69, 9.17) is 0 Å². The lowest BCUT2D eigenvalue weighted by molar-refractivity contribution is 0.616. The van der Waals surface area contributed by atoms with Gasteiger partial charge in [-0.25, -0.2) is 8.42 Å². The van der Waals surface area contributed by atoms with Crippen molar-refractivity contribution in [2.24, 2.45) is 0 Å². The molecule has 0 saturated heterocycles. The van der Waals surface area contributed by atoms with Crippen molar-refractivity contribution in [3.05, 3.63) is 24.3 Å². The number of thiol groups is 1. The van der Waals surface area contributed by atoms with E-state index >= 15 is 0 Å². The van der Waals surface area contributed by atoms with E-state index in [-0.39, 0.29) is 16.8 Å². The molecule has 1 aromatic rings. The lowest BCUT2D eigenvalue weighted by Gasteiger charge is -2.01. The Labute approximate surface area is 85.1 Å². The normalized spacial score (nSPS) is 8.64. The maximum atomic E-state index is 10.2. The highest BCUT2D eigenvalue weighted by molar-refractivity contribution is 7.72. The molecule has 14 heavy (non-hydrogen) atoms. The first-order valence-electron chi connectivity index (χ1n) is 3.61. The fourth-order valence-corrected chi connectivity index (χ4v) is 1.22. The van der Waals surface area contributed by atoms with Crippen LogP contribution in [0, 0.1) is 0 Å². The van der Waals surface area contributed by atoms with Crippen LogP contribution in [-0.4, -0.2) is 33.1 Å². The third kappa shape index (κ3) is 5.57. The lowest BCUT2D eigenvalue weighted by atomic mass is 9.96. The maximum absolute atomic E-state index is 10.2. The van der Waals surface area contributed by atoms with Gasteiger partial charge in [0.05, 0.1) is 0 Å². The molecule has 0 aromatic heterocycles. The molecule has 1 rings (SSSR count). The number of anilines is 1. The van der Waals surface area contributed by atoms with Crippen LogP contribution in [0.4, 0.5) is 5.69 Å². The fourth-order valence-electron chi connectivity index (χ4n) is 0.911. The molecule has 0 radical (unpaired) electrons. The number of hydrogen-bond donors (Lipinski definition) is 2. The van der Waals surface area contributed by atoms with Gasteiger partial charge in [-0.15, -0.1) is 0 Å². The van der Waals surface area contributed by atoms with Crippen LogP contribution in [0.15, 0.2) is 24.3 Å². The molecule has 0 heterocycles. The van der Waals surface area contributed by atoms with Gasteiger partial charge in [-0.3, -0.25) is 0 Å². The average molecular weight is 219 g/mol. The van der Waals surface area contributed by atoms with E-state index in [2.05, 4.69) is 5.32 Å². The Morgan fingerprint density at radius 3 is 2.43 bits per heavy atom. The smallest absolute Gasteiger partial charge is 0.158 e. The Morgan fingerprint density at radius 1 is 1.29 bits per heavy atom. The van der Waals surface area contributed by atoms with Gasteiger partial charge in [0.2, 0.25) is 0 Å². The molecule has 0 aliphatic rings. The largest absolute Gasteiger partial charge is 0.412 e. The van der Waals surface area contributed by atoms with Gasteiger partial charge in [0.1, 0.15) is 13.7 Å². The average Bonchev–Trinajstić information content (AvgIpc) is 2.01. The van der Waals surface area contributed by atoms with Crippen LogP contribution < -0.4 is 10.8 Å². The van der Waals surface area contributed by atoms with Gasteiger partial charge in [-0.2, -0.15) is 0 Å². The van der Waals surface area contributed by atoms with E-state index in [1.165, 1.54) is 0 Å². The molecule has 0 atom stereocenters. The Hall–Kier alpha value is -1.05. The third-order valence-electron chi connectivity index (χ3n) is 1.43. The minimum atomic E-state index is -2.34. The minimum Gasteiger partial charge on any atom is -0.412 e. The van der Waals surface area contributed by atoms with Crippen molar-refractivity contribution in [2.45, 2.75) is 0 Å². The molecule has 0 amide bonds. The first-order valence-corrected chi connectivity index (χ1v) is 4.97. The zero-order chi connectivity index (χ0) is 8.97. The van der Waals surface area contributed by atoms with Gasteiger partial charge in [0.25, 0.3) is 0 Å². The van der Waals surface area contributed by atoms with E-state index in [1.54, 1.807) is 0 Å². The van der Waals surface area contributed by atoms with Crippen molar-refractivity contribution >= 4 is 29.7 Å². The van der Waals surface area contributed by atoms with Crippen molar-refractivity contribution in [1.29, 1.82) is 0 Å².